The molecular formula is C29H35ClN2. The molecule has 0 amide bonds. The zero-order valence-electron chi connectivity index (χ0n) is 19.3. The van der Waals surface area contributed by atoms with Gasteiger partial charge in [-0.3, -0.25) is 4.98 Å². The molecule has 1 aliphatic heterocycles. The number of pyridine rings is 1. The number of fused-ring (bicyclic) bond motifs is 7. The Morgan fingerprint density at radius 2 is 1.88 bits per heavy atom. The molecule has 0 spiro atoms. The van der Waals surface area contributed by atoms with E-state index in [1.165, 1.54) is 91.9 Å². The van der Waals surface area contributed by atoms with Gasteiger partial charge in [-0.05, 0) is 117 Å². The fourth-order valence-electron chi connectivity index (χ4n) is 7.84. The van der Waals surface area contributed by atoms with Gasteiger partial charge in [-0.15, -0.1) is 12.4 Å². The normalized spacial score (nSPS) is 32.8. The molecule has 0 N–H and O–H groups in total. The first-order valence-corrected chi connectivity index (χ1v) is 12.7. The van der Waals surface area contributed by atoms with Crippen LogP contribution in [0.1, 0.15) is 88.8 Å². The minimum atomic E-state index is 0. The van der Waals surface area contributed by atoms with Crippen molar-refractivity contribution in [1.82, 2.24) is 9.55 Å². The summed E-state index contributed by atoms with van der Waals surface area (Å²) in [6, 6.07) is 2.24. The molecular weight excluding hydrogens is 412 g/mol. The lowest BCUT2D eigenvalue weighted by Crippen LogP contribution is -2.41. The van der Waals surface area contributed by atoms with Crippen molar-refractivity contribution in [3.8, 4) is 0 Å². The molecule has 2 nitrogen and oxygen atoms in total. The summed E-state index contributed by atoms with van der Waals surface area (Å²) in [4.78, 5) is 4.48. The van der Waals surface area contributed by atoms with E-state index in [-0.39, 0.29) is 12.4 Å². The van der Waals surface area contributed by atoms with Crippen molar-refractivity contribution in [2.75, 3.05) is 0 Å². The predicted molar refractivity (Wildman–Crippen MR) is 136 cm³/mol. The van der Waals surface area contributed by atoms with Gasteiger partial charge in [0.15, 0.2) is 0 Å². The van der Waals surface area contributed by atoms with Crippen molar-refractivity contribution in [3.63, 3.8) is 0 Å². The smallest absolute Gasteiger partial charge is 0.0567 e. The molecule has 32 heavy (non-hydrogen) atoms. The van der Waals surface area contributed by atoms with Crippen LogP contribution >= 0.6 is 12.4 Å². The number of halogens is 1. The number of hydrogen-bond acceptors (Lipinski definition) is 1. The largest absolute Gasteiger partial charge is 0.312 e. The third kappa shape index (κ3) is 3.01. The van der Waals surface area contributed by atoms with E-state index >= 15 is 0 Å². The summed E-state index contributed by atoms with van der Waals surface area (Å²) >= 11 is 0. The number of aromatic nitrogens is 2. The molecule has 1 unspecified atom stereocenters. The number of allylic oxidation sites excluding steroid dienone is 6. The molecule has 3 heteroatoms. The fourth-order valence-corrected chi connectivity index (χ4v) is 7.84. The summed E-state index contributed by atoms with van der Waals surface area (Å²) in [5.74, 6) is 0.868. The van der Waals surface area contributed by atoms with Crippen molar-refractivity contribution >= 4 is 34.6 Å². The van der Waals surface area contributed by atoms with Gasteiger partial charge < -0.3 is 4.57 Å². The molecule has 5 aliphatic carbocycles. The fraction of sp³-hybridized carbons (Fsp3) is 0.552. The standard InChI is InChI=1S/C29H34N2.ClH/c1-28-10-13-29(14-11-28,15-12-28)18-20-5-8-25-22(17-20)7-6-21-3-2-4-23-24-19-30-16-9-26(24)31(25)27(21)23;/h3,6-7,9,16,19-20H,2,4-5,8,10-15,17-18H2,1H3;1H. The minimum absolute atomic E-state index is 0. The quantitative estimate of drug-likeness (QED) is 0.455. The van der Waals surface area contributed by atoms with Crippen LogP contribution in [0.15, 0.2) is 42.3 Å². The third-order valence-corrected chi connectivity index (χ3v) is 9.81. The second-order valence-electron chi connectivity index (χ2n) is 11.7. The van der Waals surface area contributed by atoms with Gasteiger partial charge in [-0.2, -0.15) is 0 Å². The topological polar surface area (TPSA) is 17.8 Å². The van der Waals surface area contributed by atoms with Gasteiger partial charge in [0.05, 0.1) is 11.2 Å². The zero-order valence-corrected chi connectivity index (χ0v) is 20.1. The molecule has 3 fully saturated rings. The first-order chi connectivity index (χ1) is 15.1. The highest BCUT2D eigenvalue weighted by Crippen LogP contribution is 2.60. The number of hydrogen-bond donors (Lipinski definition) is 0. The lowest BCUT2D eigenvalue weighted by Gasteiger charge is -2.53. The molecule has 168 valence electrons. The Bertz CT molecular complexity index is 1150. The van der Waals surface area contributed by atoms with Crippen molar-refractivity contribution in [2.24, 2.45) is 16.7 Å². The van der Waals surface area contributed by atoms with Crippen molar-refractivity contribution in [1.29, 1.82) is 0 Å². The minimum Gasteiger partial charge on any atom is -0.312 e. The summed E-state index contributed by atoms with van der Waals surface area (Å²) in [5, 5.41) is 1.37. The highest BCUT2D eigenvalue weighted by Gasteiger charge is 2.47. The summed E-state index contributed by atoms with van der Waals surface area (Å²) in [6.45, 7) is 2.55. The molecule has 1 atom stereocenters. The Morgan fingerprint density at radius 1 is 1.06 bits per heavy atom. The van der Waals surface area contributed by atoms with Gasteiger partial charge >= 0.3 is 0 Å². The van der Waals surface area contributed by atoms with Crippen LogP contribution in [-0.4, -0.2) is 9.55 Å². The Balaban J connectivity index is 0.00000196. The molecule has 0 radical (unpaired) electrons. The molecule has 2 aromatic heterocycles. The lowest BCUT2D eigenvalue weighted by molar-refractivity contribution is -0.0141. The average Bonchev–Trinajstić information content (AvgIpc) is 3.04. The Morgan fingerprint density at radius 3 is 2.69 bits per heavy atom. The van der Waals surface area contributed by atoms with Crippen LogP contribution in [0.5, 0.6) is 0 Å². The maximum Gasteiger partial charge on any atom is 0.0567 e. The number of aryl methyl sites for hydroxylation is 1. The van der Waals surface area contributed by atoms with Crippen LogP contribution in [0.2, 0.25) is 0 Å². The highest BCUT2D eigenvalue weighted by molar-refractivity contribution is 5.96. The van der Waals surface area contributed by atoms with E-state index in [0.29, 0.717) is 10.8 Å². The molecule has 2 aromatic rings. The van der Waals surface area contributed by atoms with E-state index in [0.717, 1.165) is 18.8 Å². The summed E-state index contributed by atoms with van der Waals surface area (Å²) in [7, 11) is 0. The van der Waals surface area contributed by atoms with E-state index in [1.54, 1.807) is 11.3 Å². The van der Waals surface area contributed by atoms with Gasteiger partial charge in [0.2, 0.25) is 0 Å². The monoisotopic (exact) mass is 446 g/mol. The van der Waals surface area contributed by atoms with Crippen LogP contribution in [0, 0.1) is 16.7 Å². The summed E-state index contributed by atoms with van der Waals surface area (Å²) in [6.07, 6.45) is 28.0. The Kier molecular flexibility index (Phi) is 4.77. The van der Waals surface area contributed by atoms with Crippen LogP contribution in [0.3, 0.4) is 0 Å². The molecule has 6 aliphatic rings. The van der Waals surface area contributed by atoms with Crippen molar-refractivity contribution < 1.29 is 0 Å². The van der Waals surface area contributed by atoms with Gasteiger partial charge in [-0.1, -0.05) is 25.2 Å². The Labute approximate surface area is 198 Å². The van der Waals surface area contributed by atoms with Crippen LogP contribution < -0.4 is 0 Å². The molecule has 3 heterocycles. The third-order valence-electron chi connectivity index (χ3n) is 9.81. The molecule has 8 rings (SSSR count). The first kappa shape index (κ1) is 20.8. The van der Waals surface area contributed by atoms with E-state index in [1.807, 2.05) is 6.20 Å². The van der Waals surface area contributed by atoms with Gasteiger partial charge in [0, 0.05) is 23.5 Å². The maximum absolute atomic E-state index is 4.48. The number of nitrogens with zero attached hydrogens (tertiary/aromatic N) is 2. The molecule has 0 aromatic carbocycles. The number of rotatable bonds is 2. The predicted octanol–water partition coefficient (Wildman–Crippen LogP) is 8.12. The van der Waals surface area contributed by atoms with Crippen LogP contribution in [0.25, 0.3) is 22.2 Å². The van der Waals surface area contributed by atoms with E-state index in [2.05, 4.69) is 47.0 Å². The average molecular weight is 447 g/mol. The molecule has 2 bridgehead atoms. The second kappa shape index (κ2) is 7.35. The van der Waals surface area contributed by atoms with Gasteiger partial charge in [0.25, 0.3) is 0 Å². The lowest BCUT2D eigenvalue weighted by atomic mass is 9.52. The zero-order chi connectivity index (χ0) is 20.6. The Hall–Kier alpha value is -1.80. The van der Waals surface area contributed by atoms with Crippen LogP contribution in [-0.2, 0) is 6.42 Å². The summed E-state index contributed by atoms with van der Waals surface area (Å²) in [5.41, 5.74) is 10.3. The van der Waals surface area contributed by atoms with Gasteiger partial charge in [0.1, 0.15) is 0 Å². The van der Waals surface area contributed by atoms with Gasteiger partial charge in [-0.25, -0.2) is 0 Å². The molecule has 3 saturated carbocycles. The first-order valence-electron chi connectivity index (χ1n) is 12.7. The molecule has 0 saturated heterocycles. The maximum atomic E-state index is 4.48. The van der Waals surface area contributed by atoms with E-state index in [9.17, 15) is 0 Å². The SMILES string of the molecule is CC12CCC(CC3CCC4=C(C=CC5=CCCc6c5n4c4ccncc64)C3)(CC1)CC2.Cl. The van der Waals surface area contributed by atoms with Crippen LogP contribution in [0.4, 0.5) is 0 Å². The summed E-state index contributed by atoms with van der Waals surface area (Å²) < 4.78 is 2.63. The van der Waals surface area contributed by atoms with E-state index in [4.69, 9.17) is 0 Å². The van der Waals surface area contributed by atoms with E-state index < -0.39 is 0 Å². The highest BCUT2D eigenvalue weighted by atomic mass is 35.5. The van der Waals surface area contributed by atoms with Crippen molar-refractivity contribution in [3.05, 3.63) is 53.5 Å². The second-order valence-corrected chi connectivity index (χ2v) is 11.7. The van der Waals surface area contributed by atoms with Crippen molar-refractivity contribution in [2.45, 2.75) is 84.0 Å².